The number of nitrogens with zero attached hydrogens (tertiary/aromatic N) is 3. The fourth-order valence-corrected chi connectivity index (χ4v) is 3.92. The maximum atomic E-state index is 12.5. The van der Waals surface area contributed by atoms with Gasteiger partial charge in [0, 0.05) is 25.2 Å². The molecule has 0 spiro atoms. The number of hydrogen-bond acceptors (Lipinski definition) is 5. The minimum Gasteiger partial charge on any atom is -0.310 e. The van der Waals surface area contributed by atoms with E-state index in [9.17, 15) is 13.2 Å². The van der Waals surface area contributed by atoms with Gasteiger partial charge >= 0.3 is 0 Å². The molecular weight excluding hydrogens is 378 g/mol. The molecule has 0 atom stereocenters. The van der Waals surface area contributed by atoms with E-state index in [1.807, 2.05) is 24.3 Å². The number of carbonyl (C=O) groups excluding carboxylic acids is 1. The van der Waals surface area contributed by atoms with Crippen LogP contribution in [0.4, 0.5) is 5.82 Å². The van der Waals surface area contributed by atoms with Gasteiger partial charge in [-0.05, 0) is 29.0 Å². The highest BCUT2D eigenvalue weighted by atomic mass is 32.2. The number of sulfonamides is 1. The highest BCUT2D eigenvalue weighted by Gasteiger charge is 2.15. The van der Waals surface area contributed by atoms with Gasteiger partial charge in [-0.1, -0.05) is 30.3 Å². The third kappa shape index (κ3) is 3.71. The second kappa shape index (κ2) is 7.37. The summed E-state index contributed by atoms with van der Waals surface area (Å²) in [6.07, 6.45) is 3.13. The summed E-state index contributed by atoms with van der Waals surface area (Å²) in [5.74, 6) is 0.140. The quantitative estimate of drug-likeness (QED) is 0.521. The normalized spacial score (nSPS) is 11.7. The van der Waals surface area contributed by atoms with E-state index >= 15 is 0 Å². The predicted octanol–water partition coefficient (Wildman–Crippen LogP) is 2.19. The summed E-state index contributed by atoms with van der Waals surface area (Å²) in [7, 11) is -3.70. The van der Waals surface area contributed by atoms with E-state index in [1.54, 1.807) is 42.7 Å². The highest BCUT2D eigenvalue weighted by Crippen LogP contribution is 2.18. The lowest BCUT2D eigenvalue weighted by Gasteiger charge is -2.09. The van der Waals surface area contributed by atoms with Crippen molar-refractivity contribution in [2.45, 2.75) is 11.3 Å². The van der Waals surface area contributed by atoms with Gasteiger partial charge in [0.1, 0.15) is 5.82 Å². The number of carbonyl (C=O) groups is 1. The van der Waals surface area contributed by atoms with Crippen LogP contribution in [0.5, 0.6) is 0 Å². The average Bonchev–Trinajstić information content (AvgIpc) is 3.17. The lowest BCUT2D eigenvalue weighted by Crippen LogP contribution is -2.28. The van der Waals surface area contributed by atoms with Crippen LogP contribution < -0.4 is 10.0 Å². The largest absolute Gasteiger partial charge is 0.310 e. The Morgan fingerprint density at radius 1 is 1.00 bits per heavy atom. The van der Waals surface area contributed by atoms with Crippen LogP contribution in [0, 0.1) is 0 Å². The number of benzene rings is 2. The van der Waals surface area contributed by atoms with Crippen LogP contribution in [0.1, 0.15) is 6.42 Å². The molecule has 0 aliphatic heterocycles. The van der Waals surface area contributed by atoms with E-state index in [0.29, 0.717) is 11.5 Å². The smallest absolute Gasteiger partial charge is 0.240 e. The molecular formula is C19H17N5O3S. The van der Waals surface area contributed by atoms with Crippen molar-refractivity contribution in [1.29, 1.82) is 0 Å². The Balaban J connectivity index is 1.39. The van der Waals surface area contributed by atoms with Crippen molar-refractivity contribution in [3.05, 3.63) is 67.0 Å². The van der Waals surface area contributed by atoms with Gasteiger partial charge in [-0.15, -0.1) is 0 Å². The molecule has 142 valence electrons. The van der Waals surface area contributed by atoms with E-state index in [2.05, 4.69) is 20.1 Å². The molecule has 0 saturated carbocycles. The van der Waals surface area contributed by atoms with E-state index in [4.69, 9.17) is 0 Å². The first-order valence-corrected chi connectivity index (χ1v) is 10.1. The van der Waals surface area contributed by atoms with Gasteiger partial charge in [0.15, 0.2) is 5.65 Å². The molecule has 28 heavy (non-hydrogen) atoms. The third-order valence-corrected chi connectivity index (χ3v) is 5.69. The minimum absolute atomic E-state index is 0.0160. The minimum atomic E-state index is -3.70. The molecule has 2 aromatic carbocycles. The number of aromatic nitrogens is 3. The summed E-state index contributed by atoms with van der Waals surface area (Å²) in [6.45, 7) is -0.0195. The van der Waals surface area contributed by atoms with Crippen molar-refractivity contribution < 1.29 is 13.2 Å². The summed E-state index contributed by atoms with van der Waals surface area (Å²) < 4.78 is 28.9. The first-order valence-electron chi connectivity index (χ1n) is 8.60. The van der Waals surface area contributed by atoms with Gasteiger partial charge in [0.05, 0.1) is 11.1 Å². The molecule has 1 amide bonds. The van der Waals surface area contributed by atoms with Crippen LogP contribution in [-0.2, 0) is 14.8 Å². The van der Waals surface area contributed by atoms with Crippen molar-refractivity contribution in [3.63, 3.8) is 0 Å². The van der Waals surface area contributed by atoms with Gasteiger partial charge in [-0.25, -0.2) is 18.1 Å². The lowest BCUT2D eigenvalue weighted by molar-refractivity contribution is -0.116. The van der Waals surface area contributed by atoms with Crippen molar-refractivity contribution >= 4 is 38.2 Å². The van der Waals surface area contributed by atoms with E-state index in [1.165, 1.54) is 4.52 Å². The van der Waals surface area contributed by atoms with Crippen LogP contribution in [0.25, 0.3) is 16.4 Å². The van der Waals surface area contributed by atoms with Crippen LogP contribution in [-0.4, -0.2) is 35.5 Å². The van der Waals surface area contributed by atoms with Crippen molar-refractivity contribution in [2.75, 3.05) is 11.9 Å². The standard InChI is InChI=1S/C19H17N5O3S/c25-19(23-18-7-10-20-17-8-11-21-24(17)18)9-12-22-28(26,27)16-6-5-14-3-1-2-4-15(14)13-16/h1-8,10-11,13,22H,9,12H2,(H,23,25). The molecule has 0 bridgehead atoms. The van der Waals surface area contributed by atoms with E-state index in [-0.39, 0.29) is 23.8 Å². The number of hydrogen-bond donors (Lipinski definition) is 2. The second-order valence-corrected chi connectivity index (χ2v) is 7.90. The Kier molecular flexibility index (Phi) is 4.76. The van der Waals surface area contributed by atoms with Crippen LogP contribution >= 0.6 is 0 Å². The molecule has 8 nitrogen and oxygen atoms in total. The van der Waals surface area contributed by atoms with Crippen LogP contribution in [0.3, 0.4) is 0 Å². The lowest BCUT2D eigenvalue weighted by atomic mass is 10.1. The van der Waals surface area contributed by atoms with Gasteiger partial charge in [0.2, 0.25) is 15.9 Å². The molecule has 2 N–H and O–H groups in total. The third-order valence-electron chi connectivity index (χ3n) is 4.23. The molecule has 9 heteroatoms. The molecule has 4 aromatic rings. The Morgan fingerprint density at radius 2 is 1.82 bits per heavy atom. The topological polar surface area (TPSA) is 105 Å². The second-order valence-electron chi connectivity index (χ2n) is 6.14. The zero-order valence-corrected chi connectivity index (χ0v) is 15.6. The van der Waals surface area contributed by atoms with E-state index < -0.39 is 10.0 Å². The zero-order chi connectivity index (χ0) is 19.6. The molecule has 0 aliphatic rings. The van der Waals surface area contributed by atoms with Gasteiger partial charge in [-0.3, -0.25) is 4.79 Å². The molecule has 4 rings (SSSR count). The average molecular weight is 395 g/mol. The monoisotopic (exact) mass is 395 g/mol. The molecule has 0 radical (unpaired) electrons. The van der Waals surface area contributed by atoms with Crippen molar-refractivity contribution in [1.82, 2.24) is 19.3 Å². The highest BCUT2D eigenvalue weighted by molar-refractivity contribution is 7.89. The number of anilines is 1. The summed E-state index contributed by atoms with van der Waals surface area (Å²) >= 11 is 0. The van der Waals surface area contributed by atoms with E-state index in [0.717, 1.165) is 10.8 Å². The van der Waals surface area contributed by atoms with Gasteiger partial charge in [0.25, 0.3) is 0 Å². The van der Waals surface area contributed by atoms with Gasteiger partial charge < -0.3 is 5.32 Å². The van der Waals surface area contributed by atoms with Crippen LogP contribution in [0.2, 0.25) is 0 Å². The number of amides is 1. The Labute approximate surface area is 161 Å². The summed E-state index contributed by atoms with van der Waals surface area (Å²) in [6, 6.07) is 15.8. The van der Waals surface area contributed by atoms with Crippen molar-refractivity contribution in [2.24, 2.45) is 0 Å². The maximum Gasteiger partial charge on any atom is 0.240 e. The fourth-order valence-electron chi connectivity index (χ4n) is 2.85. The first kappa shape index (κ1) is 18.1. The molecule has 0 saturated heterocycles. The number of nitrogens with one attached hydrogen (secondary N) is 2. The summed E-state index contributed by atoms with van der Waals surface area (Å²) in [5, 5.41) is 8.59. The summed E-state index contributed by atoms with van der Waals surface area (Å²) in [4.78, 5) is 16.4. The Morgan fingerprint density at radius 3 is 2.68 bits per heavy atom. The predicted molar refractivity (Wildman–Crippen MR) is 105 cm³/mol. The number of fused-ring (bicyclic) bond motifs is 2. The zero-order valence-electron chi connectivity index (χ0n) is 14.7. The first-order chi connectivity index (χ1) is 13.5. The number of rotatable bonds is 6. The van der Waals surface area contributed by atoms with Crippen LogP contribution in [0.15, 0.2) is 71.9 Å². The maximum absolute atomic E-state index is 12.5. The molecule has 2 aromatic heterocycles. The fraction of sp³-hybridized carbons (Fsp3) is 0.105. The molecule has 0 fully saturated rings. The molecule has 0 aliphatic carbocycles. The van der Waals surface area contributed by atoms with Crippen molar-refractivity contribution in [3.8, 4) is 0 Å². The van der Waals surface area contributed by atoms with Gasteiger partial charge in [-0.2, -0.15) is 9.61 Å². The molecule has 0 unspecified atom stereocenters. The Bertz CT molecular complexity index is 1270. The summed E-state index contributed by atoms with van der Waals surface area (Å²) in [5.41, 5.74) is 0.606. The Hall–Kier alpha value is -3.30. The SMILES string of the molecule is O=C(CCNS(=O)(=O)c1ccc2ccccc2c1)Nc1ccnc2ccnn12. The molecule has 2 heterocycles.